The second kappa shape index (κ2) is 7.30. The molecule has 0 amide bonds. The number of hydrogen-bond donors (Lipinski definition) is 1. The van der Waals surface area contributed by atoms with Gasteiger partial charge in [-0.25, -0.2) is 0 Å². The number of carboxylic acid groups (broad SMARTS) is 1. The Kier molecular flexibility index (Phi) is 4.88. The zero-order chi connectivity index (χ0) is 18.1. The summed E-state index contributed by atoms with van der Waals surface area (Å²) in [5.74, 6) is 1.73. The van der Waals surface area contributed by atoms with E-state index in [1.165, 1.54) is 0 Å². The molecule has 1 N–H and O–H groups in total. The first-order valence-electron chi connectivity index (χ1n) is 8.85. The summed E-state index contributed by atoms with van der Waals surface area (Å²) in [6.45, 7) is 4.60. The van der Waals surface area contributed by atoms with Crippen LogP contribution in [-0.2, 0) is 16.1 Å². The first-order valence-corrected chi connectivity index (χ1v) is 8.85. The van der Waals surface area contributed by atoms with Crippen LogP contribution in [0.5, 0.6) is 17.2 Å². The molecule has 3 aliphatic rings. The van der Waals surface area contributed by atoms with E-state index in [0.29, 0.717) is 38.0 Å². The highest BCUT2D eigenvalue weighted by Gasteiger charge is 2.34. The molecule has 2 bridgehead atoms. The van der Waals surface area contributed by atoms with Gasteiger partial charge >= 0.3 is 5.97 Å². The maximum Gasteiger partial charge on any atom is 0.317 e. The van der Waals surface area contributed by atoms with Crippen LogP contribution in [0.2, 0.25) is 0 Å². The van der Waals surface area contributed by atoms with Gasteiger partial charge in [-0.05, 0) is 6.07 Å². The topological polar surface area (TPSA) is 80.7 Å². The Labute approximate surface area is 152 Å². The van der Waals surface area contributed by atoms with Crippen LogP contribution in [-0.4, -0.2) is 80.2 Å². The summed E-state index contributed by atoms with van der Waals surface area (Å²) in [6.07, 6.45) is 0. The average molecular weight is 364 g/mol. The van der Waals surface area contributed by atoms with E-state index >= 15 is 0 Å². The zero-order valence-corrected chi connectivity index (χ0v) is 14.8. The fourth-order valence-corrected chi connectivity index (χ4v) is 4.04. The lowest BCUT2D eigenvalue weighted by atomic mass is 10.1. The number of methoxy groups -OCH3 is 1. The largest absolute Gasteiger partial charge is 0.496 e. The summed E-state index contributed by atoms with van der Waals surface area (Å²) in [5, 5.41) is 9.15. The van der Waals surface area contributed by atoms with Gasteiger partial charge in [0.2, 0.25) is 6.79 Å². The summed E-state index contributed by atoms with van der Waals surface area (Å²) in [5.41, 5.74) is 1.04. The number of ether oxygens (including phenoxy) is 4. The van der Waals surface area contributed by atoms with Gasteiger partial charge in [0.05, 0.1) is 26.9 Å². The van der Waals surface area contributed by atoms with E-state index in [2.05, 4.69) is 4.90 Å². The fourth-order valence-electron chi connectivity index (χ4n) is 4.04. The van der Waals surface area contributed by atoms with Gasteiger partial charge in [-0.3, -0.25) is 14.6 Å². The Morgan fingerprint density at radius 3 is 2.81 bits per heavy atom. The molecular weight excluding hydrogens is 340 g/mol. The highest BCUT2D eigenvalue weighted by atomic mass is 16.7. The molecule has 2 fully saturated rings. The Morgan fingerprint density at radius 2 is 2.04 bits per heavy atom. The van der Waals surface area contributed by atoms with Gasteiger partial charge in [0.15, 0.2) is 11.5 Å². The highest BCUT2D eigenvalue weighted by molar-refractivity contribution is 5.69. The van der Waals surface area contributed by atoms with E-state index < -0.39 is 5.97 Å². The standard InChI is InChI=1S/C18H24N2O6/c1-23-15-3-17-16(25-11-26-17)2-13(15)6-20-5-12-4-19(8-18(21)22)7-14(20)10-24-9-12/h2-3,12,14H,4-11H2,1H3,(H,21,22)/t12-,14-/m0/s1. The summed E-state index contributed by atoms with van der Waals surface area (Å²) in [4.78, 5) is 15.5. The van der Waals surface area contributed by atoms with Gasteiger partial charge in [0.25, 0.3) is 0 Å². The van der Waals surface area contributed by atoms with E-state index in [1.807, 2.05) is 17.0 Å². The quantitative estimate of drug-likeness (QED) is 0.815. The van der Waals surface area contributed by atoms with Gasteiger partial charge in [0.1, 0.15) is 5.75 Å². The van der Waals surface area contributed by atoms with Gasteiger partial charge in [-0.2, -0.15) is 0 Å². The Morgan fingerprint density at radius 1 is 1.23 bits per heavy atom. The lowest BCUT2D eigenvalue weighted by molar-refractivity contribution is -0.138. The number of rotatable bonds is 5. The predicted molar refractivity (Wildman–Crippen MR) is 91.7 cm³/mol. The van der Waals surface area contributed by atoms with E-state index in [0.717, 1.165) is 30.2 Å². The van der Waals surface area contributed by atoms with Crippen LogP contribution in [0.1, 0.15) is 5.56 Å². The molecule has 26 heavy (non-hydrogen) atoms. The van der Waals surface area contributed by atoms with E-state index in [-0.39, 0.29) is 19.4 Å². The summed E-state index contributed by atoms with van der Waals surface area (Å²) in [6, 6.07) is 4.00. The molecule has 8 nitrogen and oxygen atoms in total. The van der Waals surface area contributed by atoms with Crippen molar-refractivity contribution in [2.75, 3.05) is 53.3 Å². The summed E-state index contributed by atoms with van der Waals surface area (Å²) >= 11 is 0. The monoisotopic (exact) mass is 364 g/mol. The van der Waals surface area contributed by atoms with Crippen molar-refractivity contribution in [3.63, 3.8) is 0 Å². The molecule has 142 valence electrons. The summed E-state index contributed by atoms with van der Waals surface area (Å²) in [7, 11) is 1.65. The van der Waals surface area contributed by atoms with Crippen LogP contribution in [0.4, 0.5) is 0 Å². The Balaban J connectivity index is 1.55. The van der Waals surface area contributed by atoms with Crippen molar-refractivity contribution in [2.45, 2.75) is 12.6 Å². The van der Waals surface area contributed by atoms with Gasteiger partial charge in [0, 0.05) is 49.8 Å². The lowest BCUT2D eigenvalue weighted by Gasteiger charge is -2.30. The molecule has 0 aliphatic carbocycles. The molecule has 1 aromatic carbocycles. The smallest absolute Gasteiger partial charge is 0.317 e. The first kappa shape index (κ1) is 17.4. The molecule has 2 saturated heterocycles. The van der Waals surface area contributed by atoms with Crippen LogP contribution in [0.15, 0.2) is 12.1 Å². The SMILES string of the molecule is COc1cc2c(cc1CN1C[C@H]3COC[C@@H]1CN(CC(=O)O)C3)OCO2. The number of nitrogens with zero attached hydrogens (tertiary/aromatic N) is 2. The van der Waals surface area contributed by atoms with Gasteiger partial charge < -0.3 is 24.1 Å². The number of carbonyl (C=O) groups is 1. The highest BCUT2D eigenvalue weighted by Crippen LogP contribution is 2.39. The number of fused-ring (bicyclic) bond motifs is 4. The van der Waals surface area contributed by atoms with E-state index in [4.69, 9.17) is 24.1 Å². The predicted octanol–water partition coefficient (Wildman–Crippen LogP) is 0.641. The minimum Gasteiger partial charge on any atom is -0.496 e. The second-order valence-electron chi connectivity index (χ2n) is 7.09. The molecule has 3 heterocycles. The minimum atomic E-state index is -0.783. The number of carboxylic acids is 1. The maximum absolute atomic E-state index is 11.1. The molecular formula is C18H24N2O6. The first-order chi connectivity index (χ1) is 12.6. The van der Waals surface area contributed by atoms with Gasteiger partial charge in [-0.1, -0.05) is 0 Å². The van der Waals surface area contributed by atoms with Crippen LogP contribution >= 0.6 is 0 Å². The normalized spacial score (nSPS) is 25.7. The molecule has 2 atom stereocenters. The molecule has 1 aromatic rings. The molecule has 4 rings (SSSR count). The minimum absolute atomic E-state index is 0.0776. The molecule has 0 spiro atoms. The molecule has 8 heteroatoms. The van der Waals surface area contributed by atoms with E-state index in [9.17, 15) is 4.79 Å². The Hall–Kier alpha value is -2.03. The van der Waals surface area contributed by atoms with Crippen LogP contribution < -0.4 is 14.2 Å². The van der Waals surface area contributed by atoms with Crippen molar-refractivity contribution in [2.24, 2.45) is 5.92 Å². The number of benzene rings is 1. The van der Waals surface area contributed by atoms with E-state index in [1.54, 1.807) is 7.11 Å². The molecule has 0 radical (unpaired) electrons. The molecule has 0 unspecified atom stereocenters. The van der Waals surface area contributed by atoms with Gasteiger partial charge in [-0.15, -0.1) is 0 Å². The summed E-state index contributed by atoms with van der Waals surface area (Å²) < 4.78 is 22.3. The van der Waals surface area contributed by atoms with Crippen molar-refractivity contribution in [3.05, 3.63) is 17.7 Å². The van der Waals surface area contributed by atoms with Crippen molar-refractivity contribution in [1.29, 1.82) is 0 Å². The van der Waals surface area contributed by atoms with Crippen molar-refractivity contribution in [3.8, 4) is 17.2 Å². The maximum atomic E-state index is 11.1. The van der Waals surface area contributed by atoms with Crippen LogP contribution in [0, 0.1) is 5.92 Å². The molecule has 0 aromatic heterocycles. The molecule has 3 aliphatic heterocycles. The molecule has 0 saturated carbocycles. The van der Waals surface area contributed by atoms with Crippen molar-refractivity contribution in [1.82, 2.24) is 9.80 Å². The van der Waals surface area contributed by atoms with Crippen LogP contribution in [0.3, 0.4) is 0 Å². The Bertz CT molecular complexity index is 682. The zero-order valence-electron chi connectivity index (χ0n) is 14.8. The second-order valence-corrected chi connectivity index (χ2v) is 7.09. The third-order valence-electron chi connectivity index (χ3n) is 5.17. The average Bonchev–Trinajstić information content (AvgIpc) is 2.88. The number of aliphatic carboxylic acids is 1. The number of hydrogen-bond acceptors (Lipinski definition) is 7. The third-order valence-corrected chi connectivity index (χ3v) is 5.17. The van der Waals surface area contributed by atoms with Crippen molar-refractivity contribution >= 4 is 5.97 Å². The van der Waals surface area contributed by atoms with Crippen molar-refractivity contribution < 1.29 is 28.8 Å². The fraction of sp³-hybridized carbons (Fsp3) is 0.611. The van der Waals surface area contributed by atoms with Crippen LogP contribution in [0.25, 0.3) is 0 Å². The third kappa shape index (κ3) is 3.58. The lowest BCUT2D eigenvalue weighted by Crippen LogP contribution is -2.44.